The summed E-state index contributed by atoms with van der Waals surface area (Å²) in [5.74, 6) is 1.73. The number of hydrogen-bond acceptors (Lipinski definition) is 6. The first-order valence-electron chi connectivity index (χ1n) is 9.96. The van der Waals surface area contributed by atoms with Crippen LogP contribution in [0.2, 0.25) is 0 Å². The van der Waals surface area contributed by atoms with E-state index in [1.807, 2.05) is 24.3 Å². The van der Waals surface area contributed by atoms with Crippen molar-refractivity contribution in [2.75, 3.05) is 14.2 Å². The van der Waals surface area contributed by atoms with Crippen LogP contribution in [0.3, 0.4) is 0 Å². The van der Waals surface area contributed by atoms with Crippen LogP contribution in [0.15, 0.2) is 48.5 Å². The molecule has 5 rings (SSSR count). The van der Waals surface area contributed by atoms with Gasteiger partial charge in [-0.2, -0.15) is 0 Å². The van der Waals surface area contributed by atoms with E-state index in [0.29, 0.717) is 12.1 Å². The van der Waals surface area contributed by atoms with E-state index in [1.54, 1.807) is 14.2 Å². The Bertz CT molecular complexity index is 741. The second-order valence-electron chi connectivity index (χ2n) is 7.60. The standard InChI is InChI=1S/C22H26N2O4/c1-25-17-11-7-15(8-12-17)21-23(27-21)19-5-3-4-6-20(19)24-22(28-24)16-9-13-18(26-2)14-10-16/h7-14,19-22H,3-6H2,1-2H3/t19-,20-,21?,22?,23?,24?/m1/s1. The highest BCUT2D eigenvalue weighted by atomic mass is 16.9. The molecule has 0 bridgehead atoms. The van der Waals surface area contributed by atoms with Gasteiger partial charge >= 0.3 is 0 Å². The molecule has 2 aliphatic heterocycles. The normalized spacial score (nSPS) is 33.9. The Balaban J connectivity index is 1.26. The third-order valence-corrected chi connectivity index (χ3v) is 5.96. The largest absolute Gasteiger partial charge is 0.497 e. The predicted octanol–water partition coefficient (Wildman–Crippen LogP) is 4.21. The van der Waals surface area contributed by atoms with Crippen LogP contribution in [0.1, 0.15) is 49.3 Å². The first-order valence-corrected chi connectivity index (χ1v) is 9.96. The van der Waals surface area contributed by atoms with E-state index in [1.165, 1.54) is 24.0 Å². The fourth-order valence-corrected chi connectivity index (χ4v) is 4.32. The van der Waals surface area contributed by atoms with Gasteiger partial charge in [-0.3, -0.25) is 9.68 Å². The number of hydrogen-bond donors (Lipinski definition) is 0. The van der Waals surface area contributed by atoms with Crippen LogP contribution in [0.4, 0.5) is 0 Å². The summed E-state index contributed by atoms with van der Waals surface area (Å²) in [5, 5.41) is 4.30. The molecule has 1 saturated carbocycles. The number of hydroxylamine groups is 4. The lowest BCUT2D eigenvalue weighted by atomic mass is 9.90. The fraction of sp³-hybridized carbons (Fsp3) is 0.455. The molecular weight excluding hydrogens is 356 g/mol. The van der Waals surface area contributed by atoms with Gasteiger partial charge < -0.3 is 9.47 Å². The van der Waals surface area contributed by atoms with E-state index in [4.69, 9.17) is 19.1 Å². The average Bonchev–Trinajstić information content (AvgIpc) is 3.68. The van der Waals surface area contributed by atoms with Crippen molar-refractivity contribution in [2.24, 2.45) is 0 Å². The second-order valence-corrected chi connectivity index (χ2v) is 7.60. The maximum atomic E-state index is 5.99. The predicted molar refractivity (Wildman–Crippen MR) is 103 cm³/mol. The Morgan fingerprint density at radius 3 is 1.43 bits per heavy atom. The Hall–Kier alpha value is -2.12. The van der Waals surface area contributed by atoms with Gasteiger partial charge in [0.05, 0.1) is 26.3 Å². The molecule has 2 aromatic rings. The number of benzene rings is 2. The van der Waals surface area contributed by atoms with Gasteiger partial charge in [0, 0.05) is 0 Å². The molecule has 0 N–H and O–H groups in total. The molecule has 6 nitrogen and oxygen atoms in total. The minimum atomic E-state index is 0.0379. The number of ether oxygens (including phenoxy) is 2. The van der Waals surface area contributed by atoms with E-state index in [2.05, 4.69) is 34.4 Å². The van der Waals surface area contributed by atoms with Gasteiger partial charge in [0.15, 0.2) is 12.5 Å². The highest BCUT2D eigenvalue weighted by Crippen LogP contribution is 2.49. The Kier molecular flexibility index (Phi) is 4.72. The lowest BCUT2D eigenvalue weighted by molar-refractivity contribution is 0.0256. The van der Waals surface area contributed by atoms with E-state index >= 15 is 0 Å². The van der Waals surface area contributed by atoms with Crippen LogP contribution in [-0.2, 0) is 9.68 Å². The van der Waals surface area contributed by atoms with Crippen LogP contribution in [0.5, 0.6) is 11.5 Å². The van der Waals surface area contributed by atoms with Crippen LogP contribution >= 0.6 is 0 Å². The van der Waals surface area contributed by atoms with Crippen LogP contribution in [0.25, 0.3) is 0 Å². The van der Waals surface area contributed by atoms with E-state index < -0.39 is 0 Å². The first kappa shape index (κ1) is 17.9. The molecule has 0 radical (unpaired) electrons. The molecule has 2 aromatic carbocycles. The molecule has 2 heterocycles. The third kappa shape index (κ3) is 3.37. The summed E-state index contributed by atoms with van der Waals surface area (Å²) in [5.41, 5.74) is 2.34. The van der Waals surface area contributed by atoms with Crippen LogP contribution < -0.4 is 9.47 Å². The summed E-state index contributed by atoms with van der Waals surface area (Å²) in [6, 6.07) is 17.0. The molecule has 0 spiro atoms. The zero-order chi connectivity index (χ0) is 19.1. The van der Waals surface area contributed by atoms with Gasteiger partial charge in [0.1, 0.15) is 11.5 Å². The second kappa shape index (κ2) is 7.37. The van der Waals surface area contributed by atoms with Gasteiger partial charge in [0.25, 0.3) is 0 Å². The van der Waals surface area contributed by atoms with E-state index in [0.717, 1.165) is 24.3 Å². The van der Waals surface area contributed by atoms with Crippen molar-refractivity contribution in [1.82, 2.24) is 10.1 Å². The minimum absolute atomic E-state index is 0.0379. The van der Waals surface area contributed by atoms with Crippen molar-refractivity contribution >= 4 is 0 Å². The molecule has 3 fully saturated rings. The SMILES string of the molecule is COc1ccc(C2ON2[C@@H]2CCCC[C@H]2N2OC2c2ccc(OC)cc2)cc1. The molecule has 1 aliphatic carbocycles. The molecule has 148 valence electrons. The smallest absolute Gasteiger partial charge is 0.180 e. The first-order chi connectivity index (χ1) is 13.8. The lowest BCUT2D eigenvalue weighted by Gasteiger charge is -2.30. The molecule has 0 aromatic heterocycles. The molecule has 3 aliphatic rings. The summed E-state index contributed by atoms with van der Waals surface area (Å²) in [4.78, 5) is 12.0. The summed E-state index contributed by atoms with van der Waals surface area (Å²) in [6.45, 7) is 0. The molecule has 4 unspecified atom stereocenters. The summed E-state index contributed by atoms with van der Waals surface area (Å²) < 4.78 is 10.5. The Labute approximate surface area is 165 Å². The van der Waals surface area contributed by atoms with Gasteiger partial charge in [-0.1, -0.05) is 37.1 Å². The van der Waals surface area contributed by atoms with Crippen molar-refractivity contribution in [3.8, 4) is 11.5 Å². The molecule has 6 heteroatoms. The van der Waals surface area contributed by atoms with Crippen molar-refractivity contribution in [1.29, 1.82) is 0 Å². The zero-order valence-corrected chi connectivity index (χ0v) is 16.3. The van der Waals surface area contributed by atoms with Crippen LogP contribution in [-0.4, -0.2) is 36.4 Å². The molecule has 28 heavy (non-hydrogen) atoms. The zero-order valence-electron chi connectivity index (χ0n) is 16.3. The Morgan fingerprint density at radius 2 is 1.07 bits per heavy atom. The highest BCUT2D eigenvalue weighted by molar-refractivity contribution is 5.30. The van der Waals surface area contributed by atoms with E-state index in [-0.39, 0.29) is 12.5 Å². The number of methoxy groups -OCH3 is 2. The van der Waals surface area contributed by atoms with Crippen molar-refractivity contribution < 1.29 is 19.1 Å². The van der Waals surface area contributed by atoms with Gasteiger partial charge in [-0.05, 0) is 48.2 Å². The van der Waals surface area contributed by atoms with Crippen molar-refractivity contribution in [2.45, 2.75) is 50.2 Å². The fourth-order valence-electron chi connectivity index (χ4n) is 4.32. The molecular formula is C22H26N2O4. The minimum Gasteiger partial charge on any atom is -0.497 e. The van der Waals surface area contributed by atoms with Crippen molar-refractivity contribution in [3.63, 3.8) is 0 Å². The molecule has 0 amide bonds. The van der Waals surface area contributed by atoms with Gasteiger partial charge in [0.2, 0.25) is 0 Å². The average molecular weight is 382 g/mol. The maximum absolute atomic E-state index is 5.99. The molecule has 2 saturated heterocycles. The summed E-state index contributed by atoms with van der Waals surface area (Å²) >= 11 is 0. The quantitative estimate of drug-likeness (QED) is 0.698. The van der Waals surface area contributed by atoms with Crippen LogP contribution in [0, 0.1) is 0 Å². The summed E-state index contributed by atoms with van der Waals surface area (Å²) in [7, 11) is 3.37. The van der Waals surface area contributed by atoms with Gasteiger partial charge in [-0.15, -0.1) is 10.1 Å². The lowest BCUT2D eigenvalue weighted by Crippen LogP contribution is -2.41. The van der Waals surface area contributed by atoms with E-state index in [9.17, 15) is 0 Å². The van der Waals surface area contributed by atoms with Crippen molar-refractivity contribution in [3.05, 3.63) is 59.7 Å². The molecule has 6 atom stereocenters. The number of nitrogens with zero attached hydrogens (tertiary/aromatic N) is 2. The third-order valence-electron chi connectivity index (χ3n) is 5.96. The number of rotatable bonds is 6. The Morgan fingerprint density at radius 1 is 0.679 bits per heavy atom. The van der Waals surface area contributed by atoms with Gasteiger partial charge in [-0.25, -0.2) is 0 Å². The monoisotopic (exact) mass is 382 g/mol. The highest BCUT2D eigenvalue weighted by Gasteiger charge is 2.54. The maximum Gasteiger partial charge on any atom is 0.180 e. The summed E-state index contributed by atoms with van der Waals surface area (Å²) in [6.07, 6.45) is 4.81. The topological polar surface area (TPSA) is 49.5 Å².